The maximum atomic E-state index is 12.1. The number of hydrogen-bond acceptors (Lipinski definition) is 4. The third kappa shape index (κ3) is 6.64. The number of hydrogen-bond donors (Lipinski definition) is 4. The number of anilines is 4. The summed E-state index contributed by atoms with van der Waals surface area (Å²) in [7, 11) is 0. The van der Waals surface area contributed by atoms with Crippen molar-refractivity contribution < 1.29 is 14.4 Å². The van der Waals surface area contributed by atoms with Gasteiger partial charge in [0.2, 0.25) is 17.7 Å². The smallest absolute Gasteiger partial charge is 0.226 e. The van der Waals surface area contributed by atoms with Crippen molar-refractivity contribution >= 4 is 40.5 Å². The monoisotopic (exact) mass is 354 g/mol. The molecule has 0 aliphatic rings. The van der Waals surface area contributed by atoms with Crippen molar-refractivity contribution in [3.8, 4) is 0 Å². The van der Waals surface area contributed by atoms with Crippen LogP contribution in [0.25, 0.3) is 0 Å². The minimum atomic E-state index is -0.167. The fraction of sp³-hybridized carbons (Fsp3) is 0.211. The van der Waals surface area contributed by atoms with Crippen LogP contribution < -0.4 is 21.3 Å². The number of rotatable bonds is 7. The SMILES string of the molecule is CC(=O)Nc1cccc(NCCC(=O)Nc2cccc(NC(C)=O)c2)c1. The van der Waals surface area contributed by atoms with E-state index in [-0.39, 0.29) is 24.1 Å². The van der Waals surface area contributed by atoms with Crippen molar-refractivity contribution in [2.45, 2.75) is 20.3 Å². The zero-order valence-electron chi connectivity index (χ0n) is 14.8. The van der Waals surface area contributed by atoms with Crippen LogP contribution >= 0.6 is 0 Å². The van der Waals surface area contributed by atoms with E-state index in [1.54, 1.807) is 36.4 Å². The molecule has 0 unspecified atom stereocenters. The maximum Gasteiger partial charge on any atom is 0.226 e. The van der Waals surface area contributed by atoms with E-state index in [1.807, 2.05) is 12.1 Å². The van der Waals surface area contributed by atoms with Gasteiger partial charge >= 0.3 is 0 Å². The summed E-state index contributed by atoms with van der Waals surface area (Å²) in [5, 5.41) is 11.3. The van der Waals surface area contributed by atoms with Crippen LogP contribution in [0.15, 0.2) is 48.5 Å². The molecule has 2 aromatic carbocycles. The van der Waals surface area contributed by atoms with Gasteiger partial charge in [-0.15, -0.1) is 0 Å². The van der Waals surface area contributed by atoms with Crippen LogP contribution in [0, 0.1) is 0 Å². The summed E-state index contributed by atoms with van der Waals surface area (Å²) in [6.07, 6.45) is 0.273. The lowest BCUT2D eigenvalue weighted by Crippen LogP contribution is -2.16. The lowest BCUT2D eigenvalue weighted by molar-refractivity contribution is -0.116. The predicted molar refractivity (Wildman–Crippen MR) is 103 cm³/mol. The first-order valence-corrected chi connectivity index (χ1v) is 8.21. The number of amides is 3. The van der Waals surface area contributed by atoms with Crippen molar-refractivity contribution in [2.24, 2.45) is 0 Å². The van der Waals surface area contributed by atoms with E-state index in [4.69, 9.17) is 0 Å². The number of benzene rings is 2. The quantitative estimate of drug-likeness (QED) is 0.614. The van der Waals surface area contributed by atoms with Crippen LogP contribution in [0.5, 0.6) is 0 Å². The molecular weight excluding hydrogens is 332 g/mol. The van der Waals surface area contributed by atoms with Gasteiger partial charge in [0.15, 0.2) is 0 Å². The van der Waals surface area contributed by atoms with Crippen LogP contribution in [0.3, 0.4) is 0 Å². The second-order valence-electron chi connectivity index (χ2n) is 5.75. The van der Waals surface area contributed by atoms with Gasteiger partial charge in [-0.25, -0.2) is 0 Å². The first-order valence-electron chi connectivity index (χ1n) is 8.21. The molecule has 2 aromatic rings. The van der Waals surface area contributed by atoms with E-state index in [0.717, 1.165) is 5.69 Å². The molecule has 0 bridgehead atoms. The Labute approximate surface area is 152 Å². The zero-order chi connectivity index (χ0) is 18.9. The topological polar surface area (TPSA) is 99.3 Å². The predicted octanol–water partition coefficient (Wildman–Crippen LogP) is 3.04. The summed E-state index contributed by atoms with van der Waals surface area (Å²) in [6, 6.07) is 14.2. The fourth-order valence-corrected chi connectivity index (χ4v) is 2.33. The van der Waals surface area contributed by atoms with E-state index in [2.05, 4.69) is 21.3 Å². The van der Waals surface area contributed by atoms with Crippen LogP contribution in [0.4, 0.5) is 22.7 Å². The number of carbonyl (C=O) groups excluding carboxylic acids is 3. The molecule has 0 saturated carbocycles. The van der Waals surface area contributed by atoms with Gasteiger partial charge in [-0.1, -0.05) is 12.1 Å². The molecule has 0 spiro atoms. The summed E-state index contributed by atoms with van der Waals surface area (Å²) in [6.45, 7) is 3.32. The highest BCUT2D eigenvalue weighted by atomic mass is 16.2. The molecule has 7 heteroatoms. The second-order valence-corrected chi connectivity index (χ2v) is 5.75. The molecule has 3 amide bonds. The molecule has 136 valence electrons. The normalized spacial score (nSPS) is 9.92. The molecule has 26 heavy (non-hydrogen) atoms. The van der Waals surface area contributed by atoms with Crippen molar-refractivity contribution in [1.82, 2.24) is 0 Å². The van der Waals surface area contributed by atoms with Crippen molar-refractivity contribution in [2.75, 3.05) is 27.8 Å². The Kier molecular flexibility index (Phi) is 6.73. The highest BCUT2D eigenvalue weighted by molar-refractivity contribution is 5.93. The van der Waals surface area contributed by atoms with Crippen molar-refractivity contribution in [3.05, 3.63) is 48.5 Å². The van der Waals surface area contributed by atoms with Gasteiger partial charge in [-0.3, -0.25) is 14.4 Å². The van der Waals surface area contributed by atoms with E-state index >= 15 is 0 Å². The molecular formula is C19H22N4O3. The van der Waals surface area contributed by atoms with E-state index in [1.165, 1.54) is 13.8 Å². The average Bonchev–Trinajstić information content (AvgIpc) is 2.54. The lowest BCUT2D eigenvalue weighted by atomic mass is 10.2. The summed E-state index contributed by atoms with van der Waals surface area (Å²) in [4.78, 5) is 34.2. The van der Waals surface area contributed by atoms with E-state index in [0.29, 0.717) is 23.6 Å². The molecule has 7 nitrogen and oxygen atoms in total. The third-order valence-electron chi connectivity index (χ3n) is 3.33. The van der Waals surface area contributed by atoms with E-state index in [9.17, 15) is 14.4 Å². The van der Waals surface area contributed by atoms with Gasteiger partial charge in [0, 0.05) is 49.6 Å². The Morgan fingerprint density at radius 1 is 0.731 bits per heavy atom. The summed E-state index contributed by atoms with van der Waals surface area (Å²) in [5.74, 6) is -0.447. The Balaban J connectivity index is 1.82. The molecule has 0 fully saturated rings. The highest BCUT2D eigenvalue weighted by Crippen LogP contribution is 2.16. The van der Waals surface area contributed by atoms with E-state index < -0.39 is 0 Å². The third-order valence-corrected chi connectivity index (χ3v) is 3.33. The van der Waals surface area contributed by atoms with Gasteiger partial charge in [0.1, 0.15) is 0 Å². The number of carbonyl (C=O) groups is 3. The van der Waals surface area contributed by atoms with Gasteiger partial charge in [-0.2, -0.15) is 0 Å². The van der Waals surface area contributed by atoms with Crippen LogP contribution in [0.1, 0.15) is 20.3 Å². The van der Waals surface area contributed by atoms with Gasteiger partial charge in [0.25, 0.3) is 0 Å². The molecule has 0 atom stereocenters. The molecule has 0 radical (unpaired) electrons. The Morgan fingerprint density at radius 2 is 1.19 bits per heavy atom. The Bertz CT molecular complexity index is 805. The van der Waals surface area contributed by atoms with Crippen molar-refractivity contribution in [3.63, 3.8) is 0 Å². The van der Waals surface area contributed by atoms with Crippen LogP contribution in [-0.4, -0.2) is 24.3 Å². The largest absolute Gasteiger partial charge is 0.384 e. The first kappa shape index (κ1) is 19.0. The summed E-state index contributed by atoms with van der Waals surface area (Å²) < 4.78 is 0. The van der Waals surface area contributed by atoms with Gasteiger partial charge in [-0.05, 0) is 36.4 Å². The van der Waals surface area contributed by atoms with Crippen LogP contribution in [0.2, 0.25) is 0 Å². The molecule has 0 saturated heterocycles. The number of nitrogens with one attached hydrogen (secondary N) is 4. The summed E-state index contributed by atoms with van der Waals surface area (Å²) in [5.41, 5.74) is 2.76. The average molecular weight is 354 g/mol. The molecule has 2 rings (SSSR count). The minimum absolute atomic E-state index is 0.136. The molecule has 0 aromatic heterocycles. The molecule has 4 N–H and O–H groups in total. The molecule has 0 aliphatic carbocycles. The summed E-state index contributed by atoms with van der Waals surface area (Å²) >= 11 is 0. The van der Waals surface area contributed by atoms with Crippen molar-refractivity contribution in [1.29, 1.82) is 0 Å². The standard InChI is InChI=1S/C19H22N4O3/c1-13(24)21-16-6-3-5-15(11-16)20-10-9-19(26)23-18-8-4-7-17(12-18)22-14(2)25/h3-8,11-12,20H,9-10H2,1-2H3,(H,21,24)(H,22,25)(H,23,26). The second kappa shape index (κ2) is 9.22. The zero-order valence-corrected chi connectivity index (χ0v) is 14.8. The molecule has 0 heterocycles. The first-order chi connectivity index (χ1) is 12.4. The highest BCUT2D eigenvalue weighted by Gasteiger charge is 2.04. The Hall–Kier alpha value is -3.35. The Morgan fingerprint density at radius 3 is 1.73 bits per heavy atom. The van der Waals surface area contributed by atoms with Gasteiger partial charge in [0.05, 0.1) is 0 Å². The molecule has 0 aliphatic heterocycles. The lowest BCUT2D eigenvalue weighted by Gasteiger charge is -2.10. The van der Waals surface area contributed by atoms with Gasteiger partial charge < -0.3 is 21.3 Å². The van der Waals surface area contributed by atoms with Crippen LogP contribution in [-0.2, 0) is 14.4 Å². The minimum Gasteiger partial charge on any atom is -0.384 e. The fourth-order valence-electron chi connectivity index (χ4n) is 2.33. The maximum absolute atomic E-state index is 12.1.